The molecule has 6 nitrogen and oxygen atoms in total. The van der Waals surface area contributed by atoms with Gasteiger partial charge in [0, 0.05) is 16.0 Å². The van der Waals surface area contributed by atoms with Crippen molar-refractivity contribution in [2.45, 2.75) is 26.3 Å². The van der Waals surface area contributed by atoms with Crippen LogP contribution < -0.4 is 5.32 Å². The van der Waals surface area contributed by atoms with Crippen molar-refractivity contribution in [3.05, 3.63) is 46.6 Å². The molecule has 0 unspecified atom stereocenters. The number of nitrogens with one attached hydrogen (secondary N) is 1. The molecule has 0 saturated heterocycles. The average Bonchev–Trinajstić information content (AvgIpc) is 3.16. The molecule has 1 aromatic carbocycles. The van der Waals surface area contributed by atoms with Crippen LogP contribution in [0.5, 0.6) is 0 Å². The van der Waals surface area contributed by atoms with Crippen molar-refractivity contribution in [2.24, 2.45) is 0 Å². The van der Waals surface area contributed by atoms with Gasteiger partial charge in [-0.15, -0.1) is 16.4 Å². The van der Waals surface area contributed by atoms with Crippen molar-refractivity contribution >= 4 is 34.0 Å². The predicted molar refractivity (Wildman–Crippen MR) is 95.5 cm³/mol. The number of amides is 1. The topological polar surface area (TPSA) is 72.7 Å². The third kappa shape index (κ3) is 3.63. The maximum atomic E-state index is 12.3. The molecule has 1 amide bonds. The second-order valence-corrected chi connectivity index (χ2v) is 7.51. The van der Waals surface area contributed by atoms with Gasteiger partial charge in [0.05, 0.1) is 17.4 Å². The molecule has 0 aliphatic carbocycles. The molecule has 2 heterocycles. The summed E-state index contributed by atoms with van der Waals surface area (Å²) >= 11 is 7.24. The first-order valence-corrected chi connectivity index (χ1v) is 8.54. The number of benzene rings is 1. The molecule has 0 bridgehead atoms. The molecule has 1 N–H and O–H groups in total. The molecule has 3 rings (SSSR count). The standard InChI is InChI=1S/C16H16ClN5OS/c1-16(2,3)22-8-12(20-21-22)14(23)19-15-18-13(9-24-15)10-4-6-11(17)7-5-10/h4-9H,1-3H3,(H,18,19,23). The van der Waals surface area contributed by atoms with Crippen molar-refractivity contribution in [1.29, 1.82) is 0 Å². The summed E-state index contributed by atoms with van der Waals surface area (Å²) in [5.74, 6) is -0.331. The minimum absolute atomic E-state index is 0.228. The summed E-state index contributed by atoms with van der Waals surface area (Å²) in [5.41, 5.74) is 1.75. The number of rotatable bonds is 3. The molecule has 0 aliphatic heterocycles. The maximum absolute atomic E-state index is 12.3. The fraction of sp³-hybridized carbons (Fsp3) is 0.250. The van der Waals surface area contributed by atoms with E-state index < -0.39 is 0 Å². The van der Waals surface area contributed by atoms with Crippen molar-refractivity contribution < 1.29 is 4.79 Å². The van der Waals surface area contributed by atoms with E-state index in [2.05, 4.69) is 20.6 Å². The van der Waals surface area contributed by atoms with E-state index in [1.807, 2.05) is 38.3 Å². The van der Waals surface area contributed by atoms with Gasteiger partial charge in [-0.25, -0.2) is 9.67 Å². The van der Waals surface area contributed by atoms with Crippen LogP contribution in [0.15, 0.2) is 35.8 Å². The Morgan fingerprint density at radius 2 is 1.96 bits per heavy atom. The van der Waals surface area contributed by atoms with E-state index in [-0.39, 0.29) is 17.1 Å². The lowest BCUT2D eigenvalue weighted by atomic mass is 10.1. The van der Waals surface area contributed by atoms with Crippen LogP contribution in [0.3, 0.4) is 0 Å². The van der Waals surface area contributed by atoms with E-state index >= 15 is 0 Å². The van der Waals surface area contributed by atoms with E-state index in [0.29, 0.717) is 10.2 Å². The highest BCUT2D eigenvalue weighted by molar-refractivity contribution is 7.14. The molecule has 0 atom stereocenters. The summed E-state index contributed by atoms with van der Waals surface area (Å²) in [6.45, 7) is 5.97. The zero-order valence-electron chi connectivity index (χ0n) is 13.4. The second-order valence-electron chi connectivity index (χ2n) is 6.22. The van der Waals surface area contributed by atoms with Gasteiger partial charge in [0.25, 0.3) is 5.91 Å². The molecule has 0 spiro atoms. The predicted octanol–water partition coefficient (Wildman–Crippen LogP) is 4.06. The summed E-state index contributed by atoms with van der Waals surface area (Å²) in [6, 6.07) is 7.38. The molecule has 0 radical (unpaired) electrons. The molecule has 24 heavy (non-hydrogen) atoms. The zero-order chi connectivity index (χ0) is 17.3. The van der Waals surface area contributed by atoms with Crippen molar-refractivity contribution in [2.75, 3.05) is 5.32 Å². The maximum Gasteiger partial charge on any atom is 0.279 e. The first-order chi connectivity index (χ1) is 11.3. The first kappa shape index (κ1) is 16.6. The van der Waals surface area contributed by atoms with Gasteiger partial charge in [-0.3, -0.25) is 10.1 Å². The van der Waals surface area contributed by atoms with Crippen LogP contribution in [0.2, 0.25) is 5.02 Å². The third-order valence-corrected chi connectivity index (χ3v) is 4.29. The van der Waals surface area contributed by atoms with Gasteiger partial charge in [0.1, 0.15) is 0 Å². The van der Waals surface area contributed by atoms with Crippen LogP contribution in [0.1, 0.15) is 31.3 Å². The molecule has 0 aliphatic rings. The summed E-state index contributed by atoms with van der Waals surface area (Å²) in [4.78, 5) is 16.7. The number of halogens is 1. The number of aromatic nitrogens is 4. The Bertz CT molecular complexity index is 863. The quantitative estimate of drug-likeness (QED) is 0.763. The van der Waals surface area contributed by atoms with Crippen molar-refractivity contribution in [3.63, 3.8) is 0 Å². The highest BCUT2D eigenvalue weighted by Crippen LogP contribution is 2.26. The van der Waals surface area contributed by atoms with Crippen LogP contribution in [-0.2, 0) is 5.54 Å². The molecule has 3 aromatic rings. The Morgan fingerprint density at radius 3 is 2.58 bits per heavy atom. The van der Waals surface area contributed by atoms with Crippen molar-refractivity contribution in [1.82, 2.24) is 20.0 Å². The third-order valence-electron chi connectivity index (χ3n) is 3.28. The lowest BCUT2D eigenvalue weighted by Gasteiger charge is -2.17. The number of hydrogen-bond acceptors (Lipinski definition) is 5. The van der Waals surface area contributed by atoms with Crippen LogP contribution in [0, 0.1) is 0 Å². The molecular formula is C16H16ClN5OS. The Morgan fingerprint density at radius 1 is 1.25 bits per heavy atom. The molecule has 124 valence electrons. The highest BCUT2D eigenvalue weighted by atomic mass is 35.5. The minimum atomic E-state index is -0.331. The van der Waals surface area contributed by atoms with E-state index in [0.717, 1.165) is 11.3 Å². The molecule has 0 saturated carbocycles. The van der Waals surface area contributed by atoms with Crippen LogP contribution in [-0.4, -0.2) is 25.9 Å². The van der Waals surface area contributed by atoms with Gasteiger partial charge >= 0.3 is 0 Å². The van der Waals surface area contributed by atoms with Crippen LogP contribution in [0.4, 0.5) is 5.13 Å². The number of nitrogens with zero attached hydrogens (tertiary/aromatic N) is 4. The summed E-state index contributed by atoms with van der Waals surface area (Å²) in [7, 11) is 0. The monoisotopic (exact) mass is 361 g/mol. The van der Waals surface area contributed by atoms with Gasteiger partial charge in [-0.05, 0) is 32.9 Å². The first-order valence-electron chi connectivity index (χ1n) is 7.28. The number of hydrogen-bond donors (Lipinski definition) is 1. The summed E-state index contributed by atoms with van der Waals surface area (Å²) < 4.78 is 1.66. The minimum Gasteiger partial charge on any atom is -0.296 e. The SMILES string of the molecule is CC(C)(C)n1cc(C(=O)Nc2nc(-c3ccc(Cl)cc3)cs2)nn1. The normalized spacial score (nSPS) is 11.5. The Hall–Kier alpha value is -2.25. The fourth-order valence-electron chi connectivity index (χ4n) is 1.94. The van der Waals surface area contributed by atoms with E-state index in [1.165, 1.54) is 11.3 Å². The van der Waals surface area contributed by atoms with Crippen molar-refractivity contribution in [3.8, 4) is 11.3 Å². The lowest BCUT2D eigenvalue weighted by molar-refractivity contribution is 0.102. The fourth-order valence-corrected chi connectivity index (χ4v) is 2.78. The summed E-state index contributed by atoms with van der Waals surface area (Å²) in [6.07, 6.45) is 1.63. The number of carbonyl (C=O) groups is 1. The van der Waals surface area contributed by atoms with Gasteiger partial charge in [-0.1, -0.05) is 28.9 Å². The highest BCUT2D eigenvalue weighted by Gasteiger charge is 2.19. The summed E-state index contributed by atoms with van der Waals surface area (Å²) in [5, 5.41) is 13.7. The van der Waals surface area contributed by atoms with Crippen LogP contribution in [0.25, 0.3) is 11.3 Å². The van der Waals surface area contributed by atoms with Gasteiger partial charge < -0.3 is 0 Å². The van der Waals surface area contributed by atoms with E-state index in [1.54, 1.807) is 23.0 Å². The second kappa shape index (κ2) is 6.33. The Kier molecular flexibility index (Phi) is 4.38. The number of thiazole rings is 1. The molecule has 0 fully saturated rings. The smallest absolute Gasteiger partial charge is 0.279 e. The molecule has 8 heteroatoms. The zero-order valence-corrected chi connectivity index (χ0v) is 15.0. The van der Waals surface area contributed by atoms with Gasteiger partial charge in [0.15, 0.2) is 10.8 Å². The Balaban J connectivity index is 1.73. The number of carbonyl (C=O) groups excluding carboxylic acids is 1. The van der Waals surface area contributed by atoms with E-state index in [4.69, 9.17) is 11.6 Å². The number of anilines is 1. The van der Waals surface area contributed by atoms with E-state index in [9.17, 15) is 4.79 Å². The lowest BCUT2D eigenvalue weighted by Crippen LogP contribution is -2.22. The molecule has 2 aromatic heterocycles. The average molecular weight is 362 g/mol. The Labute approximate surface area is 148 Å². The van der Waals surface area contributed by atoms with Gasteiger partial charge in [-0.2, -0.15) is 0 Å². The molecular weight excluding hydrogens is 346 g/mol. The van der Waals surface area contributed by atoms with Gasteiger partial charge in [0.2, 0.25) is 0 Å². The van der Waals surface area contributed by atoms with Crippen LogP contribution >= 0.6 is 22.9 Å². The largest absolute Gasteiger partial charge is 0.296 e.